The van der Waals surface area contributed by atoms with Crippen LogP contribution in [-0.2, 0) is 9.59 Å². The Morgan fingerprint density at radius 2 is 1.50 bits per heavy atom. The summed E-state index contributed by atoms with van der Waals surface area (Å²) in [5.41, 5.74) is 1.19. The lowest BCUT2D eigenvalue weighted by atomic mass is 10.2. The van der Waals surface area contributed by atoms with Crippen LogP contribution < -0.4 is 29.7 Å². The van der Waals surface area contributed by atoms with Gasteiger partial charge in [-0.05, 0) is 24.3 Å². The van der Waals surface area contributed by atoms with Crippen molar-refractivity contribution >= 4 is 23.2 Å². The number of benzene rings is 2. The van der Waals surface area contributed by atoms with E-state index in [4.69, 9.17) is 14.2 Å². The highest BCUT2D eigenvalue weighted by atomic mass is 16.5. The van der Waals surface area contributed by atoms with Crippen LogP contribution in [0.1, 0.15) is 0 Å². The van der Waals surface area contributed by atoms with Crippen molar-refractivity contribution in [2.45, 2.75) is 0 Å². The van der Waals surface area contributed by atoms with Crippen LogP contribution in [0.5, 0.6) is 17.2 Å². The zero-order chi connectivity index (χ0) is 20.5. The number of carbonyl (C=O) groups excluding carboxylic acids is 2. The Hall–Kier alpha value is -3.26. The molecule has 3 N–H and O–H groups in total. The number of ether oxygens (including phenoxy) is 3. The summed E-state index contributed by atoms with van der Waals surface area (Å²) in [6, 6.07) is 12.2. The van der Waals surface area contributed by atoms with Crippen LogP contribution in [0.15, 0.2) is 42.5 Å². The maximum Gasteiger partial charge on any atom is 0.279 e. The molecule has 8 heteroatoms. The number of anilines is 2. The molecule has 2 aromatic carbocycles. The average molecular weight is 388 g/mol. The fourth-order valence-corrected chi connectivity index (χ4v) is 2.61. The monoisotopic (exact) mass is 388 g/mol. The van der Waals surface area contributed by atoms with Crippen molar-refractivity contribution in [2.24, 2.45) is 0 Å². The van der Waals surface area contributed by atoms with E-state index < -0.39 is 0 Å². The second kappa shape index (κ2) is 10.2. The van der Waals surface area contributed by atoms with E-state index in [2.05, 4.69) is 10.6 Å². The van der Waals surface area contributed by atoms with E-state index in [-0.39, 0.29) is 24.9 Å². The van der Waals surface area contributed by atoms with Gasteiger partial charge in [-0.15, -0.1) is 0 Å². The molecule has 0 aromatic heterocycles. The number of hydrogen-bond donors (Lipinski definition) is 3. The second-order valence-corrected chi connectivity index (χ2v) is 6.21. The lowest BCUT2D eigenvalue weighted by Gasteiger charge is -2.15. The van der Waals surface area contributed by atoms with Gasteiger partial charge in [0.25, 0.3) is 11.8 Å². The summed E-state index contributed by atoms with van der Waals surface area (Å²) in [6.07, 6.45) is 0. The number of rotatable bonds is 9. The Morgan fingerprint density at radius 1 is 0.857 bits per heavy atom. The van der Waals surface area contributed by atoms with Crippen LogP contribution in [0.2, 0.25) is 0 Å². The molecule has 0 spiro atoms. The van der Waals surface area contributed by atoms with Gasteiger partial charge in [0.1, 0.15) is 17.2 Å². The number of methoxy groups -OCH3 is 3. The van der Waals surface area contributed by atoms with E-state index in [9.17, 15) is 9.59 Å². The SMILES string of the molecule is COc1cccc(NC(=O)C[NH+](C)CC(=O)Nc2ccc(OC)cc2OC)c1. The molecule has 0 fully saturated rings. The van der Waals surface area contributed by atoms with Crippen molar-refractivity contribution in [1.82, 2.24) is 0 Å². The molecule has 0 bridgehead atoms. The van der Waals surface area contributed by atoms with Crippen LogP contribution in [-0.4, -0.2) is 53.3 Å². The van der Waals surface area contributed by atoms with Crippen molar-refractivity contribution < 1.29 is 28.7 Å². The highest BCUT2D eigenvalue weighted by Crippen LogP contribution is 2.28. The van der Waals surface area contributed by atoms with Crippen molar-refractivity contribution in [3.63, 3.8) is 0 Å². The number of carbonyl (C=O) groups is 2. The number of quaternary nitrogens is 1. The van der Waals surface area contributed by atoms with E-state index >= 15 is 0 Å². The summed E-state index contributed by atoms with van der Waals surface area (Å²) in [6.45, 7) is 0.269. The molecule has 2 amide bonds. The molecular formula is C20H26N3O5+. The zero-order valence-electron chi connectivity index (χ0n) is 16.5. The Labute approximate surface area is 164 Å². The van der Waals surface area contributed by atoms with Gasteiger partial charge in [0, 0.05) is 17.8 Å². The molecule has 1 unspecified atom stereocenters. The predicted octanol–water partition coefficient (Wildman–Crippen LogP) is 0.804. The van der Waals surface area contributed by atoms with Gasteiger partial charge in [0.2, 0.25) is 0 Å². The van der Waals surface area contributed by atoms with Crippen molar-refractivity contribution in [2.75, 3.05) is 52.1 Å². The van der Waals surface area contributed by atoms with E-state index in [1.807, 2.05) is 0 Å². The van der Waals surface area contributed by atoms with E-state index in [1.54, 1.807) is 63.7 Å². The molecule has 0 aliphatic carbocycles. The quantitative estimate of drug-likeness (QED) is 0.591. The third-order valence-electron chi connectivity index (χ3n) is 3.96. The zero-order valence-corrected chi connectivity index (χ0v) is 16.5. The highest BCUT2D eigenvalue weighted by molar-refractivity contribution is 5.94. The van der Waals surface area contributed by atoms with E-state index in [0.29, 0.717) is 28.6 Å². The van der Waals surface area contributed by atoms with Gasteiger partial charge in [0.15, 0.2) is 13.1 Å². The first kappa shape index (κ1) is 21.0. The van der Waals surface area contributed by atoms with Gasteiger partial charge in [-0.3, -0.25) is 9.59 Å². The number of hydrogen-bond acceptors (Lipinski definition) is 5. The van der Waals surface area contributed by atoms with Gasteiger partial charge in [0.05, 0.1) is 34.1 Å². The molecular weight excluding hydrogens is 362 g/mol. The second-order valence-electron chi connectivity index (χ2n) is 6.21. The summed E-state index contributed by atoms with van der Waals surface area (Å²) in [4.78, 5) is 25.2. The number of likely N-dealkylation sites (N-methyl/N-ethyl adjacent to an activating group) is 1. The lowest BCUT2D eigenvalue weighted by molar-refractivity contribution is -0.862. The smallest absolute Gasteiger partial charge is 0.279 e. The first-order valence-corrected chi connectivity index (χ1v) is 8.72. The highest BCUT2D eigenvalue weighted by Gasteiger charge is 2.16. The maximum absolute atomic E-state index is 12.3. The number of amides is 2. The molecule has 0 saturated carbocycles. The summed E-state index contributed by atoms with van der Waals surface area (Å²) in [7, 11) is 6.41. The average Bonchev–Trinajstić information content (AvgIpc) is 2.67. The molecule has 0 aliphatic rings. The Balaban J connectivity index is 1.87. The van der Waals surface area contributed by atoms with Crippen molar-refractivity contribution in [1.29, 1.82) is 0 Å². The minimum Gasteiger partial charge on any atom is -0.497 e. The molecule has 2 aromatic rings. The van der Waals surface area contributed by atoms with Gasteiger partial charge in [-0.1, -0.05) is 6.07 Å². The van der Waals surface area contributed by atoms with Crippen LogP contribution in [0.3, 0.4) is 0 Å². The van der Waals surface area contributed by atoms with Crippen LogP contribution >= 0.6 is 0 Å². The Morgan fingerprint density at radius 3 is 2.14 bits per heavy atom. The van der Waals surface area contributed by atoms with Crippen molar-refractivity contribution in [3.8, 4) is 17.2 Å². The molecule has 1 atom stereocenters. The minimum atomic E-state index is -0.227. The van der Waals surface area contributed by atoms with Gasteiger partial charge in [-0.25, -0.2) is 0 Å². The summed E-state index contributed by atoms with van der Waals surface area (Å²) in [5.74, 6) is 1.37. The molecule has 0 saturated heterocycles. The maximum atomic E-state index is 12.3. The normalized spacial score (nSPS) is 11.3. The summed E-state index contributed by atoms with van der Waals surface area (Å²) < 4.78 is 15.5. The lowest BCUT2D eigenvalue weighted by Crippen LogP contribution is -3.11. The first-order chi connectivity index (χ1) is 13.4. The fraction of sp³-hybridized carbons (Fsp3) is 0.300. The predicted molar refractivity (Wildman–Crippen MR) is 106 cm³/mol. The molecule has 8 nitrogen and oxygen atoms in total. The summed E-state index contributed by atoms with van der Waals surface area (Å²) in [5, 5.41) is 5.59. The van der Waals surface area contributed by atoms with Crippen LogP contribution in [0, 0.1) is 0 Å². The third kappa shape index (κ3) is 6.17. The van der Waals surface area contributed by atoms with Gasteiger partial charge in [-0.2, -0.15) is 0 Å². The standard InChI is InChI=1S/C20H25N3O5/c1-23(12-19(24)21-14-6-5-7-15(10-14)26-2)13-20(25)22-17-9-8-16(27-3)11-18(17)28-4/h5-11H,12-13H2,1-4H3,(H,21,24)(H,22,25)/p+1. The molecule has 0 heterocycles. The summed E-state index contributed by atoms with van der Waals surface area (Å²) >= 11 is 0. The van der Waals surface area contributed by atoms with Gasteiger partial charge < -0.3 is 29.7 Å². The van der Waals surface area contributed by atoms with Crippen LogP contribution in [0.4, 0.5) is 11.4 Å². The van der Waals surface area contributed by atoms with E-state index in [0.717, 1.165) is 4.90 Å². The Kier molecular flexibility index (Phi) is 7.65. The topological polar surface area (TPSA) is 90.3 Å². The molecule has 28 heavy (non-hydrogen) atoms. The number of nitrogens with one attached hydrogen (secondary N) is 3. The van der Waals surface area contributed by atoms with E-state index in [1.165, 1.54) is 7.11 Å². The van der Waals surface area contributed by atoms with Crippen LogP contribution in [0.25, 0.3) is 0 Å². The molecule has 2 rings (SSSR count). The first-order valence-electron chi connectivity index (χ1n) is 8.72. The molecule has 150 valence electrons. The molecule has 0 aliphatic heterocycles. The van der Waals surface area contributed by atoms with Crippen molar-refractivity contribution in [3.05, 3.63) is 42.5 Å². The fourth-order valence-electron chi connectivity index (χ4n) is 2.61. The Bertz CT molecular complexity index is 825. The van der Waals surface area contributed by atoms with Gasteiger partial charge >= 0.3 is 0 Å². The third-order valence-corrected chi connectivity index (χ3v) is 3.96. The largest absolute Gasteiger partial charge is 0.497 e. The molecule has 0 radical (unpaired) electrons. The minimum absolute atomic E-state index is 0.126.